The van der Waals surface area contributed by atoms with Crippen molar-refractivity contribution in [2.45, 2.75) is 31.8 Å². The molecule has 1 aliphatic carbocycles. The Morgan fingerprint density at radius 1 is 1.09 bits per heavy atom. The summed E-state index contributed by atoms with van der Waals surface area (Å²) in [6.07, 6.45) is 6.80. The van der Waals surface area contributed by atoms with Crippen LogP contribution in [0, 0.1) is 5.82 Å². The summed E-state index contributed by atoms with van der Waals surface area (Å²) < 4.78 is 20.2. The molecule has 3 aromatic rings. The van der Waals surface area contributed by atoms with Gasteiger partial charge < -0.3 is 15.2 Å². The summed E-state index contributed by atoms with van der Waals surface area (Å²) in [4.78, 5) is 9.18. The number of phenolic OH excluding ortho intramolecular Hbond substituents is 1. The minimum atomic E-state index is -0.453. The molecule has 1 saturated heterocycles. The first kappa shape index (κ1) is 20.9. The maximum Gasteiger partial charge on any atom is 0.232 e. The van der Waals surface area contributed by atoms with E-state index >= 15 is 0 Å². The van der Waals surface area contributed by atoms with E-state index in [0.29, 0.717) is 11.6 Å². The SMILES string of the molecule is Oc1ccc2c(c1)CCCC(c1ccc(Cl)c(F)c1)=C2c1cnc(OC2CCNC2)cn1. The van der Waals surface area contributed by atoms with E-state index in [1.807, 2.05) is 12.1 Å². The van der Waals surface area contributed by atoms with Crippen molar-refractivity contribution in [3.8, 4) is 11.6 Å². The van der Waals surface area contributed by atoms with Gasteiger partial charge in [-0.15, -0.1) is 0 Å². The predicted molar refractivity (Wildman–Crippen MR) is 122 cm³/mol. The molecule has 1 fully saturated rings. The molecule has 0 saturated carbocycles. The lowest BCUT2D eigenvalue weighted by molar-refractivity contribution is 0.213. The largest absolute Gasteiger partial charge is 0.508 e. The van der Waals surface area contributed by atoms with Crippen molar-refractivity contribution in [3.63, 3.8) is 0 Å². The molecule has 1 aromatic heterocycles. The fraction of sp³-hybridized carbons (Fsp3) is 0.280. The molecule has 2 heterocycles. The van der Waals surface area contributed by atoms with E-state index < -0.39 is 5.82 Å². The highest BCUT2D eigenvalue weighted by Crippen LogP contribution is 2.40. The molecule has 1 unspecified atom stereocenters. The minimum absolute atomic E-state index is 0.0949. The number of ether oxygens (including phenoxy) is 1. The molecule has 2 aliphatic rings. The summed E-state index contributed by atoms with van der Waals surface area (Å²) in [5.41, 5.74) is 5.31. The fourth-order valence-electron chi connectivity index (χ4n) is 4.44. The van der Waals surface area contributed by atoms with E-state index in [0.717, 1.165) is 66.6 Å². The van der Waals surface area contributed by atoms with E-state index in [1.165, 1.54) is 6.07 Å². The van der Waals surface area contributed by atoms with Crippen LogP contribution in [-0.4, -0.2) is 34.3 Å². The van der Waals surface area contributed by atoms with Crippen molar-refractivity contribution in [1.82, 2.24) is 15.3 Å². The number of aromatic hydroxyl groups is 1. The fourth-order valence-corrected chi connectivity index (χ4v) is 4.56. The van der Waals surface area contributed by atoms with Crippen LogP contribution in [0.1, 0.15) is 41.6 Å². The number of fused-ring (bicyclic) bond motifs is 1. The molecule has 1 atom stereocenters. The summed E-state index contributed by atoms with van der Waals surface area (Å²) in [7, 11) is 0. The normalized spacial score (nSPS) is 18.4. The summed E-state index contributed by atoms with van der Waals surface area (Å²) in [6, 6.07) is 10.2. The highest BCUT2D eigenvalue weighted by molar-refractivity contribution is 6.30. The molecule has 0 spiro atoms. The molecule has 7 heteroatoms. The lowest BCUT2D eigenvalue weighted by Gasteiger charge is -2.17. The van der Waals surface area contributed by atoms with Crippen LogP contribution in [0.4, 0.5) is 4.39 Å². The van der Waals surface area contributed by atoms with Crippen LogP contribution >= 0.6 is 11.6 Å². The standard InChI is InChI=1S/C25H23ClFN3O2/c26-21-7-4-16(11-22(21)27)19-3-1-2-15-10-17(31)5-6-20(15)25(19)23-13-30-24(14-29-23)32-18-8-9-28-12-18/h4-7,10-11,13-14,18,28,31H,1-3,8-9,12H2. The van der Waals surface area contributed by atoms with Crippen molar-refractivity contribution in [3.05, 3.63) is 82.0 Å². The van der Waals surface area contributed by atoms with Crippen molar-refractivity contribution in [2.75, 3.05) is 13.1 Å². The van der Waals surface area contributed by atoms with Gasteiger partial charge in [0, 0.05) is 12.1 Å². The molecular formula is C25H23ClFN3O2. The van der Waals surface area contributed by atoms with Gasteiger partial charge in [0.15, 0.2) is 0 Å². The van der Waals surface area contributed by atoms with E-state index in [4.69, 9.17) is 16.3 Å². The van der Waals surface area contributed by atoms with Crippen molar-refractivity contribution >= 4 is 22.7 Å². The van der Waals surface area contributed by atoms with Crippen molar-refractivity contribution < 1.29 is 14.2 Å². The lowest BCUT2D eigenvalue weighted by Crippen LogP contribution is -2.20. The first-order valence-corrected chi connectivity index (χ1v) is 11.2. The Hall–Kier alpha value is -2.96. The summed E-state index contributed by atoms with van der Waals surface area (Å²) in [5.74, 6) is 0.261. The number of rotatable bonds is 4. The van der Waals surface area contributed by atoms with Gasteiger partial charge in [-0.05, 0) is 78.8 Å². The molecule has 0 bridgehead atoms. The Morgan fingerprint density at radius 3 is 2.75 bits per heavy atom. The Bertz CT molecular complexity index is 1170. The molecule has 32 heavy (non-hydrogen) atoms. The Labute approximate surface area is 190 Å². The third-order valence-corrected chi connectivity index (χ3v) is 6.29. The average molecular weight is 452 g/mol. The third-order valence-electron chi connectivity index (χ3n) is 5.99. The number of hydrogen-bond donors (Lipinski definition) is 2. The number of phenols is 1. The van der Waals surface area contributed by atoms with Crippen molar-refractivity contribution in [2.24, 2.45) is 0 Å². The molecular weight excluding hydrogens is 429 g/mol. The molecule has 164 valence electrons. The van der Waals surface area contributed by atoms with E-state index in [2.05, 4.69) is 15.3 Å². The zero-order valence-electron chi connectivity index (χ0n) is 17.4. The number of hydrogen-bond acceptors (Lipinski definition) is 5. The topological polar surface area (TPSA) is 67.3 Å². The number of nitrogens with one attached hydrogen (secondary N) is 1. The van der Waals surface area contributed by atoms with Gasteiger partial charge in [-0.25, -0.2) is 14.4 Å². The predicted octanol–water partition coefficient (Wildman–Crippen LogP) is 5.01. The summed E-state index contributed by atoms with van der Waals surface area (Å²) >= 11 is 5.93. The van der Waals surface area contributed by atoms with Crippen LogP contribution in [0.2, 0.25) is 5.02 Å². The number of allylic oxidation sites excluding steroid dienone is 1. The number of aromatic nitrogens is 2. The average Bonchev–Trinajstić information content (AvgIpc) is 3.23. The molecule has 2 aromatic carbocycles. The van der Waals surface area contributed by atoms with E-state index in [1.54, 1.807) is 30.6 Å². The summed E-state index contributed by atoms with van der Waals surface area (Å²) in [6.45, 7) is 1.74. The van der Waals surface area contributed by atoms with Gasteiger partial charge in [0.05, 0.1) is 23.1 Å². The number of nitrogens with zero attached hydrogens (tertiary/aromatic N) is 2. The first-order valence-electron chi connectivity index (χ1n) is 10.8. The molecule has 2 N–H and O–H groups in total. The number of aryl methyl sites for hydroxylation is 1. The highest BCUT2D eigenvalue weighted by Gasteiger charge is 2.23. The van der Waals surface area contributed by atoms with Gasteiger partial charge in [0.25, 0.3) is 0 Å². The van der Waals surface area contributed by atoms with Crippen LogP contribution in [0.15, 0.2) is 48.8 Å². The van der Waals surface area contributed by atoms with Crippen molar-refractivity contribution in [1.29, 1.82) is 0 Å². The van der Waals surface area contributed by atoms with Crippen LogP contribution in [0.3, 0.4) is 0 Å². The molecule has 5 nitrogen and oxygen atoms in total. The van der Waals surface area contributed by atoms with Crippen LogP contribution in [0.25, 0.3) is 11.1 Å². The summed E-state index contributed by atoms with van der Waals surface area (Å²) in [5, 5.41) is 13.4. The number of benzene rings is 2. The van der Waals surface area contributed by atoms with Crippen LogP contribution < -0.4 is 10.1 Å². The maximum absolute atomic E-state index is 14.3. The highest BCUT2D eigenvalue weighted by atomic mass is 35.5. The van der Waals surface area contributed by atoms with Gasteiger partial charge in [-0.3, -0.25) is 0 Å². The van der Waals surface area contributed by atoms with Gasteiger partial charge in [0.1, 0.15) is 17.7 Å². The molecule has 1 aliphatic heterocycles. The Balaban J connectivity index is 1.62. The lowest BCUT2D eigenvalue weighted by atomic mass is 9.90. The second-order valence-corrected chi connectivity index (χ2v) is 8.56. The van der Waals surface area contributed by atoms with Crippen LogP contribution in [-0.2, 0) is 6.42 Å². The quantitative estimate of drug-likeness (QED) is 0.583. The minimum Gasteiger partial charge on any atom is -0.508 e. The Morgan fingerprint density at radius 2 is 2.00 bits per heavy atom. The monoisotopic (exact) mass is 451 g/mol. The van der Waals surface area contributed by atoms with Gasteiger partial charge >= 0.3 is 0 Å². The maximum atomic E-state index is 14.3. The number of halogens is 2. The zero-order valence-corrected chi connectivity index (χ0v) is 18.2. The molecule has 5 rings (SSSR count). The second-order valence-electron chi connectivity index (χ2n) is 8.15. The molecule has 0 radical (unpaired) electrons. The smallest absolute Gasteiger partial charge is 0.232 e. The van der Waals surface area contributed by atoms with Gasteiger partial charge in [-0.2, -0.15) is 0 Å². The van der Waals surface area contributed by atoms with E-state index in [9.17, 15) is 9.50 Å². The van der Waals surface area contributed by atoms with Crippen LogP contribution in [0.5, 0.6) is 11.6 Å². The van der Waals surface area contributed by atoms with E-state index in [-0.39, 0.29) is 16.9 Å². The Kier molecular flexibility index (Phi) is 5.81. The molecule has 0 amide bonds. The zero-order chi connectivity index (χ0) is 22.1. The third kappa shape index (κ3) is 4.20. The van der Waals surface area contributed by atoms with Gasteiger partial charge in [-0.1, -0.05) is 23.7 Å². The van der Waals surface area contributed by atoms with Gasteiger partial charge in [0.2, 0.25) is 5.88 Å². The first-order chi connectivity index (χ1) is 15.6. The second kappa shape index (κ2) is 8.88.